The summed E-state index contributed by atoms with van der Waals surface area (Å²) >= 11 is 0. The highest BCUT2D eigenvalue weighted by atomic mass is 32.2. The highest BCUT2D eigenvalue weighted by Crippen LogP contribution is 2.41. The summed E-state index contributed by atoms with van der Waals surface area (Å²) in [6.07, 6.45) is 4.60. The molecule has 1 amide bonds. The molecule has 2 aromatic rings. The van der Waals surface area contributed by atoms with Crippen molar-refractivity contribution in [3.8, 4) is 5.75 Å². The number of methoxy groups -OCH3 is 1. The van der Waals surface area contributed by atoms with E-state index in [-0.39, 0.29) is 10.8 Å². The zero-order valence-electron chi connectivity index (χ0n) is 17.1. The molecule has 1 saturated carbocycles. The zero-order chi connectivity index (χ0) is 21.1. The molecule has 7 heteroatoms. The predicted molar refractivity (Wildman–Crippen MR) is 114 cm³/mol. The summed E-state index contributed by atoms with van der Waals surface area (Å²) in [6, 6.07) is 14.1. The molecule has 0 radical (unpaired) electrons. The minimum absolute atomic E-state index is 0.0956. The molecular weight excluding hydrogens is 388 g/mol. The largest absolute Gasteiger partial charge is 0.497 e. The van der Waals surface area contributed by atoms with Gasteiger partial charge in [-0.15, -0.1) is 0 Å². The Morgan fingerprint density at radius 3 is 2.28 bits per heavy atom. The third-order valence-corrected chi connectivity index (χ3v) is 7.47. The van der Waals surface area contributed by atoms with Crippen molar-refractivity contribution in [2.45, 2.75) is 42.4 Å². The van der Waals surface area contributed by atoms with E-state index in [2.05, 4.69) is 5.32 Å². The summed E-state index contributed by atoms with van der Waals surface area (Å²) in [5.41, 5.74) is 0.824. The van der Waals surface area contributed by atoms with E-state index in [9.17, 15) is 13.2 Å². The lowest BCUT2D eigenvalue weighted by atomic mass is 9.68. The van der Waals surface area contributed by atoms with Gasteiger partial charge in [0.15, 0.2) is 0 Å². The number of hydrogen-bond donors (Lipinski definition) is 1. The lowest BCUT2D eigenvalue weighted by Crippen LogP contribution is -2.42. The van der Waals surface area contributed by atoms with Gasteiger partial charge < -0.3 is 10.1 Å². The van der Waals surface area contributed by atoms with Crippen LogP contribution in [0.5, 0.6) is 5.75 Å². The summed E-state index contributed by atoms with van der Waals surface area (Å²) in [6.45, 7) is 0. The molecule has 29 heavy (non-hydrogen) atoms. The average Bonchev–Trinajstić information content (AvgIpc) is 2.74. The topological polar surface area (TPSA) is 75.7 Å². The summed E-state index contributed by atoms with van der Waals surface area (Å²) in [7, 11) is 1.03. The van der Waals surface area contributed by atoms with Crippen LogP contribution < -0.4 is 10.1 Å². The molecule has 0 aliphatic heterocycles. The number of hydrogen-bond acceptors (Lipinski definition) is 4. The van der Waals surface area contributed by atoms with E-state index in [4.69, 9.17) is 4.74 Å². The average molecular weight is 417 g/mol. The molecule has 0 spiro atoms. The van der Waals surface area contributed by atoms with Gasteiger partial charge >= 0.3 is 0 Å². The Kier molecular flexibility index (Phi) is 6.29. The summed E-state index contributed by atoms with van der Waals surface area (Å²) in [4.78, 5) is 13.6. The highest BCUT2D eigenvalue weighted by Gasteiger charge is 2.41. The fourth-order valence-corrected chi connectivity index (χ4v) is 4.86. The molecule has 1 fully saturated rings. The lowest BCUT2D eigenvalue weighted by Gasteiger charge is -2.36. The monoisotopic (exact) mass is 416 g/mol. The minimum atomic E-state index is -3.57. The van der Waals surface area contributed by atoms with Crippen LogP contribution >= 0.6 is 0 Å². The van der Waals surface area contributed by atoms with Crippen LogP contribution in [0.3, 0.4) is 0 Å². The third-order valence-electron chi connectivity index (χ3n) is 5.65. The molecule has 0 aromatic heterocycles. The van der Waals surface area contributed by atoms with Crippen molar-refractivity contribution >= 4 is 21.6 Å². The number of carbonyl (C=O) groups excluding carboxylic acids is 1. The molecule has 0 atom stereocenters. The first-order valence-corrected chi connectivity index (χ1v) is 11.2. The minimum Gasteiger partial charge on any atom is -0.497 e. The molecule has 156 valence electrons. The van der Waals surface area contributed by atoms with Gasteiger partial charge in [-0.1, -0.05) is 37.5 Å². The van der Waals surface area contributed by atoms with Crippen LogP contribution in [-0.4, -0.2) is 39.8 Å². The smallest absolute Gasteiger partial charge is 0.242 e. The van der Waals surface area contributed by atoms with Crippen molar-refractivity contribution in [1.82, 2.24) is 4.31 Å². The van der Waals surface area contributed by atoms with Crippen molar-refractivity contribution in [1.29, 1.82) is 0 Å². The second-order valence-electron chi connectivity index (χ2n) is 7.64. The van der Waals surface area contributed by atoms with Crippen LogP contribution in [0, 0.1) is 0 Å². The molecule has 0 bridgehead atoms. The van der Waals surface area contributed by atoms with Crippen molar-refractivity contribution in [2.75, 3.05) is 26.5 Å². The SMILES string of the molecule is COc1ccc(C2(C(=O)Nc3cccc(S(=O)(=O)N(C)C)c3)CCCCC2)cc1. The van der Waals surface area contributed by atoms with Crippen LogP contribution in [-0.2, 0) is 20.2 Å². The van der Waals surface area contributed by atoms with E-state index in [0.717, 1.165) is 47.7 Å². The lowest BCUT2D eigenvalue weighted by molar-refractivity contribution is -0.122. The molecule has 2 aromatic carbocycles. The molecule has 6 nitrogen and oxygen atoms in total. The summed E-state index contributed by atoms with van der Waals surface area (Å²) in [5, 5.41) is 2.98. The predicted octanol–water partition coefficient (Wildman–Crippen LogP) is 3.79. The van der Waals surface area contributed by atoms with E-state index in [1.807, 2.05) is 24.3 Å². The number of nitrogens with zero attached hydrogens (tertiary/aromatic N) is 1. The first-order chi connectivity index (χ1) is 13.8. The van der Waals surface area contributed by atoms with E-state index in [0.29, 0.717) is 5.69 Å². The molecule has 1 aliphatic rings. The van der Waals surface area contributed by atoms with Crippen LogP contribution in [0.1, 0.15) is 37.7 Å². The Morgan fingerprint density at radius 2 is 1.69 bits per heavy atom. The van der Waals surface area contributed by atoms with Gasteiger partial charge in [0.25, 0.3) is 0 Å². The molecule has 1 N–H and O–H groups in total. The molecular formula is C22H28N2O4S. The van der Waals surface area contributed by atoms with E-state index in [1.165, 1.54) is 26.2 Å². The number of carbonyl (C=O) groups is 1. The van der Waals surface area contributed by atoms with Crippen molar-refractivity contribution in [2.24, 2.45) is 0 Å². The second-order valence-corrected chi connectivity index (χ2v) is 9.79. The third kappa shape index (κ3) is 4.31. The molecule has 0 unspecified atom stereocenters. The van der Waals surface area contributed by atoms with Gasteiger partial charge in [-0.2, -0.15) is 0 Å². The number of nitrogens with one attached hydrogen (secondary N) is 1. The maximum Gasteiger partial charge on any atom is 0.242 e. The fourth-order valence-electron chi connectivity index (χ4n) is 3.91. The maximum atomic E-state index is 13.4. The zero-order valence-corrected chi connectivity index (χ0v) is 18.0. The number of ether oxygens (including phenoxy) is 1. The van der Waals surface area contributed by atoms with Crippen LogP contribution in [0.25, 0.3) is 0 Å². The second kappa shape index (κ2) is 8.55. The summed E-state index contributed by atoms with van der Waals surface area (Å²) in [5.74, 6) is 0.656. The number of benzene rings is 2. The first-order valence-electron chi connectivity index (χ1n) is 9.78. The van der Waals surface area contributed by atoms with E-state index >= 15 is 0 Å². The van der Waals surface area contributed by atoms with Crippen molar-refractivity contribution < 1.29 is 17.9 Å². The normalized spacial score (nSPS) is 16.4. The fraction of sp³-hybridized carbons (Fsp3) is 0.409. The van der Waals surface area contributed by atoms with Crippen molar-refractivity contribution in [3.05, 3.63) is 54.1 Å². The molecule has 1 aliphatic carbocycles. The standard InChI is InChI=1S/C22H28N2O4S/c1-24(2)29(26,27)20-9-7-8-18(16-20)23-21(25)22(14-5-4-6-15-22)17-10-12-19(28-3)13-11-17/h7-13,16H,4-6,14-15H2,1-3H3,(H,23,25). The Bertz CT molecular complexity index is 963. The Labute approximate surface area is 172 Å². The molecule has 0 saturated heterocycles. The maximum absolute atomic E-state index is 13.4. The van der Waals surface area contributed by atoms with Crippen molar-refractivity contribution in [3.63, 3.8) is 0 Å². The van der Waals surface area contributed by atoms with Gasteiger partial charge in [-0.3, -0.25) is 4.79 Å². The number of sulfonamides is 1. The first kappa shape index (κ1) is 21.3. The van der Waals surface area contributed by atoms with Crippen LogP contribution in [0.4, 0.5) is 5.69 Å². The van der Waals surface area contributed by atoms with E-state index < -0.39 is 15.4 Å². The number of rotatable bonds is 6. The highest BCUT2D eigenvalue weighted by molar-refractivity contribution is 7.89. The summed E-state index contributed by atoms with van der Waals surface area (Å²) < 4.78 is 31.2. The number of amides is 1. The van der Waals surface area contributed by atoms with Gasteiger partial charge in [-0.05, 0) is 48.7 Å². The van der Waals surface area contributed by atoms with Gasteiger partial charge in [0, 0.05) is 19.8 Å². The Morgan fingerprint density at radius 1 is 1.03 bits per heavy atom. The van der Waals surface area contributed by atoms with Crippen LogP contribution in [0.2, 0.25) is 0 Å². The quantitative estimate of drug-likeness (QED) is 0.777. The number of anilines is 1. The Balaban J connectivity index is 1.92. The van der Waals surface area contributed by atoms with Gasteiger partial charge in [0.2, 0.25) is 15.9 Å². The molecule has 0 heterocycles. The van der Waals surface area contributed by atoms with Crippen LogP contribution in [0.15, 0.2) is 53.4 Å². The van der Waals surface area contributed by atoms with Gasteiger partial charge in [0.05, 0.1) is 17.4 Å². The Hall–Kier alpha value is -2.38. The van der Waals surface area contributed by atoms with Gasteiger partial charge in [0.1, 0.15) is 5.75 Å². The van der Waals surface area contributed by atoms with E-state index in [1.54, 1.807) is 19.2 Å². The van der Waals surface area contributed by atoms with Gasteiger partial charge in [-0.25, -0.2) is 12.7 Å². The molecule has 3 rings (SSSR count).